The monoisotopic (exact) mass is 493 g/mol. The molecule has 1 fully saturated rings. The van der Waals surface area contributed by atoms with Gasteiger partial charge < -0.3 is 15.4 Å². The first-order chi connectivity index (χ1) is 16.7. The van der Waals surface area contributed by atoms with Crippen LogP contribution in [-0.4, -0.2) is 27.3 Å². The normalized spacial score (nSPS) is 13.1. The minimum absolute atomic E-state index is 0.0155. The van der Waals surface area contributed by atoms with Crippen molar-refractivity contribution < 1.29 is 22.7 Å². The third-order valence-corrected chi connectivity index (χ3v) is 7.30. The maximum absolute atomic E-state index is 13.1. The summed E-state index contributed by atoms with van der Waals surface area (Å²) in [5, 5.41) is 5.69. The molecule has 0 bridgehead atoms. The smallest absolute Gasteiger partial charge is 0.262 e. The molecular formula is C26H27N3O5S. The molecule has 3 aromatic carbocycles. The molecule has 3 N–H and O–H groups in total. The first kappa shape index (κ1) is 24.3. The highest BCUT2D eigenvalue weighted by Gasteiger charge is 2.29. The average molecular weight is 494 g/mol. The quantitative estimate of drug-likeness (QED) is 0.420. The van der Waals surface area contributed by atoms with Gasteiger partial charge in [-0.2, -0.15) is 0 Å². The zero-order chi connectivity index (χ0) is 25.2. The van der Waals surface area contributed by atoms with E-state index in [1.165, 1.54) is 13.2 Å². The largest absolute Gasteiger partial charge is 0.495 e. The lowest BCUT2D eigenvalue weighted by Crippen LogP contribution is -2.18. The molecule has 1 aliphatic rings. The van der Waals surface area contributed by atoms with Crippen LogP contribution in [0.1, 0.15) is 34.3 Å². The van der Waals surface area contributed by atoms with E-state index in [1.54, 1.807) is 61.5 Å². The summed E-state index contributed by atoms with van der Waals surface area (Å²) in [6, 6.07) is 16.5. The molecule has 8 nitrogen and oxygen atoms in total. The highest BCUT2D eigenvalue weighted by Crippen LogP contribution is 2.31. The Labute approximate surface area is 204 Å². The lowest BCUT2D eigenvalue weighted by Gasteiger charge is -2.15. The maximum Gasteiger partial charge on any atom is 0.262 e. The van der Waals surface area contributed by atoms with E-state index in [9.17, 15) is 18.0 Å². The molecule has 182 valence electrons. The van der Waals surface area contributed by atoms with E-state index in [0.29, 0.717) is 28.4 Å². The number of rotatable bonds is 8. The number of para-hydroxylation sites is 2. The van der Waals surface area contributed by atoms with Crippen LogP contribution >= 0.6 is 0 Å². The summed E-state index contributed by atoms with van der Waals surface area (Å²) in [6.45, 7) is 3.50. The van der Waals surface area contributed by atoms with Crippen molar-refractivity contribution in [3.05, 3.63) is 77.4 Å². The van der Waals surface area contributed by atoms with E-state index in [2.05, 4.69) is 15.4 Å². The number of sulfonamides is 1. The van der Waals surface area contributed by atoms with Crippen molar-refractivity contribution in [2.24, 2.45) is 5.92 Å². The van der Waals surface area contributed by atoms with Gasteiger partial charge in [0.25, 0.3) is 15.9 Å². The van der Waals surface area contributed by atoms with Crippen LogP contribution in [-0.2, 0) is 14.8 Å². The van der Waals surface area contributed by atoms with Gasteiger partial charge in [-0.1, -0.05) is 24.3 Å². The molecular weight excluding hydrogens is 466 g/mol. The molecule has 3 aromatic rings. The van der Waals surface area contributed by atoms with Gasteiger partial charge in [-0.3, -0.25) is 14.3 Å². The van der Waals surface area contributed by atoms with Gasteiger partial charge in [-0.05, 0) is 74.2 Å². The average Bonchev–Trinajstić information content (AvgIpc) is 3.67. The summed E-state index contributed by atoms with van der Waals surface area (Å²) in [4.78, 5) is 25.1. The van der Waals surface area contributed by atoms with E-state index in [1.807, 2.05) is 6.92 Å². The molecule has 1 aliphatic carbocycles. The third kappa shape index (κ3) is 5.63. The summed E-state index contributed by atoms with van der Waals surface area (Å²) < 4.78 is 34.1. The van der Waals surface area contributed by atoms with Crippen molar-refractivity contribution in [3.8, 4) is 5.75 Å². The van der Waals surface area contributed by atoms with Gasteiger partial charge >= 0.3 is 0 Å². The first-order valence-electron chi connectivity index (χ1n) is 11.2. The fourth-order valence-corrected chi connectivity index (χ4v) is 4.92. The van der Waals surface area contributed by atoms with Crippen LogP contribution in [0.4, 0.5) is 17.1 Å². The predicted octanol–water partition coefficient (Wildman–Crippen LogP) is 4.71. The number of hydrogen-bond acceptors (Lipinski definition) is 5. The molecule has 0 saturated heterocycles. The molecule has 35 heavy (non-hydrogen) atoms. The SMILES string of the molecule is COc1ccccc1NS(=O)(=O)c1cc(C(=O)Nc2cc(NC(=O)C3CC3)ccc2C)ccc1C. The second kappa shape index (κ2) is 9.79. The number of carbonyl (C=O) groups excluding carboxylic acids is 2. The van der Waals surface area contributed by atoms with Gasteiger partial charge in [0.15, 0.2) is 0 Å². The van der Waals surface area contributed by atoms with E-state index >= 15 is 0 Å². The molecule has 0 aromatic heterocycles. The Morgan fingerprint density at radius 3 is 2.31 bits per heavy atom. The number of nitrogens with one attached hydrogen (secondary N) is 3. The molecule has 2 amide bonds. The van der Waals surface area contributed by atoms with Gasteiger partial charge in [0.05, 0.1) is 17.7 Å². The van der Waals surface area contributed by atoms with Crippen molar-refractivity contribution >= 4 is 38.9 Å². The van der Waals surface area contributed by atoms with Crippen LogP contribution in [0.15, 0.2) is 65.6 Å². The van der Waals surface area contributed by atoms with Crippen LogP contribution in [0.25, 0.3) is 0 Å². The molecule has 1 saturated carbocycles. The second-order valence-electron chi connectivity index (χ2n) is 8.53. The van der Waals surface area contributed by atoms with Gasteiger partial charge in [-0.15, -0.1) is 0 Å². The number of aryl methyl sites for hydroxylation is 2. The first-order valence-corrected chi connectivity index (χ1v) is 12.7. The van der Waals surface area contributed by atoms with E-state index in [-0.39, 0.29) is 22.3 Å². The minimum Gasteiger partial charge on any atom is -0.495 e. The van der Waals surface area contributed by atoms with Gasteiger partial charge in [0.1, 0.15) is 5.75 Å². The number of hydrogen-bond donors (Lipinski definition) is 3. The van der Waals surface area contributed by atoms with E-state index in [4.69, 9.17) is 4.74 Å². The van der Waals surface area contributed by atoms with Crippen LogP contribution in [0.5, 0.6) is 5.75 Å². The predicted molar refractivity (Wildman–Crippen MR) is 135 cm³/mol. The van der Waals surface area contributed by atoms with Gasteiger partial charge in [0, 0.05) is 22.9 Å². The van der Waals surface area contributed by atoms with Crippen molar-refractivity contribution in [2.75, 3.05) is 22.5 Å². The lowest BCUT2D eigenvalue weighted by atomic mass is 10.1. The van der Waals surface area contributed by atoms with E-state index < -0.39 is 15.9 Å². The molecule has 0 spiro atoms. The minimum atomic E-state index is -3.99. The third-order valence-electron chi connectivity index (χ3n) is 5.79. The van der Waals surface area contributed by atoms with Crippen molar-refractivity contribution in [1.82, 2.24) is 0 Å². The van der Waals surface area contributed by atoms with E-state index in [0.717, 1.165) is 18.4 Å². The number of anilines is 3. The van der Waals surface area contributed by atoms with Crippen molar-refractivity contribution in [2.45, 2.75) is 31.6 Å². The Balaban J connectivity index is 1.56. The fraction of sp³-hybridized carbons (Fsp3) is 0.231. The van der Waals surface area contributed by atoms with Crippen LogP contribution in [0.2, 0.25) is 0 Å². The zero-order valence-electron chi connectivity index (χ0n) is 19.7. The summed E-state index contributed by atoms with van der Waals surface area (Å²) in [6.07, 6.45) is 1.79. The Morgan fingerprint density at radius 1 is 0.886 bits per heavy atom. The van der Waals surface area contributed by atoms with Crippen LogP contribution in [0, 0.1) is 19.8 Å². The Hall–Kier alpha value is -3.85. The standard InChI is InChI=1S/C26H27N3O5S/c1-16-9-13-20(27-25(30)18-11-12-18)15-22(16)28-26(31)19-10-8-17(2)24(14-19)35(32,33)29-21-6-4-5-7-23(21)34-3/h4-10,13-15,18,29H,11-12H2,1-3H3,(H,27,30)(H,28,31). The fourth-order valence-electron chi connectivity index (χ4n) is 3.58. The Morgan fingerprint density at radius 2 is 1.60 bits per heavy atom. The number of carbonyl (C=O) groups is 2. The highest BCUT2D eigenvalue weighted by atomic mass is 32.2. The number of amides is 2. The number of ether oxygens (including phenoxy) is 1. The lowest BCUT2D eigenvalue weighted by molar-refractivity contribution is -0.117. The topological polar surface area (TPSA) is 114 Å². The van der Waals surface area contributed by atoms with Crippen LogP contribution < -0.4 is 20.1 Å². The summed E-state index contributed by atoms with van der Waals surface area (Å²) in [5.41, 5.74) is 2.90. The summed E-state index contributed by atoms with van der Waals surface area (Å²) in [5.74, 6) is -0.0481. The maximum atomic E-state index is 13.1. The molecule has 0 unspecified atom stereocenters. The summed E-state index contributed by atoms with van der Waals surface area (Å²) >= 11 is 0. The highest BCUT2D eigenvalue weighted by molar-refractivity contribution is 7.92. The number of benzene rings is 3. The van der Waals surface area contributed by atoms with Crippen molar-refractivity contribution in [3.63, 3.8) is 0 Å². The van der Waals surface area contributed by atoms with Crippen molar-refractivity contribution in [1.29, 1.82) is 0 Å². The molecule has 0 radical (unpaired) electrons. The molecule has 0 heterocycles. The zero-order valence-corrected chi connectivity index (χ0v) is 20.5. The Kier molecular flexibility index (Phi) is 6.79. The Bertz CT molecular complexity index is 1400. The molecule has 4 rings (SSSR count). The number of methoxy groups -OCH3 is 1. The van der Waals surface area contributed by atoms with Gasteiger partial charge in [0.2, 0.25) is 5.91 Å². The summed E-state index contributed by atoms with van der Waals surface area (Å²) in [7, 11) is -2.54. The van der Waals surface area contributed by atoms with Gasteiger partial charge in [-0.25, -0.2) is 8.42 Å². The second-order valence-corrected chi connectivity index (χ2v) is 10.2. The molecule has 9 heteroatoms. The molecule has 0 atom stereocenters. The molecule has 0 aliphatic heterocycles. The van der Waals surface area contributed by atoms with Crippen LogP contribution in [0.3, 0.4) is 0 Å².